The van der Waals surface area contributed by atoms with E-state index in [0.29, 0.717) is 21.9 Å². The maximum absolute atomic E-state index is 12.1. The highest BCUT2D eigenvalue weighted by Crippen LogP contribution is 2.27. The van der Waals surface area contributed by atoms with Crippen LogP contribution in [-0.2, 0) is 25.8 Å². The molecule has 0 aliphatic carbocycles. The van der Waals surface area contributed by atoms with Crippen molar-refractivity contribution in [2.24, 2.45) is 10.3 Å². The quantitative estimate of drug-likeness (QED) is 0.183. The number of carbonyl (C=O) groups is 1. The summed E-state index contributed by atoms with van der Waals surface area (Å²) in [6, 6.07) is 20.9. The third kappa shape index (κ3) is 6.95. The van der Waals surface area contributed by atoms with Crippen molar-refractivity contribution in [3.05, 3.63) is 94.0 Å². The molecule has 3 rings (SSSR count). The van der Waals surface area contributed by atoms with Gasteiger partial charge in [0.2, 0.25) is 0 Å². The van der Waals surface area contributed by atoms with Gasteiger partial charge in [-0.15, -0.1) is 0 Å². The second-order valence-corrected chi connectivity index (χ2v) is 7.96. The predicted octanol–water partition coefficient (Wildman–Crippen LogP) is 5.78. The molecule has 178 valence electrons. The van der Waals surface area contributed by atoms with E-state index in [1.807, 2.05) is 49.4 Å². The lowest BCUT2D eigenvalue weighted by atomic mass is 9.99. The van der Waals surface area contributed by atoms with Crippen molar-refractivity contribution >= 4 is 29.0 Å². The lowest BCUT2D eigenvalue weighted by Crippen LogP contribution is -2.19. The van der Waals surface area contributed by atoms with E-state index in [2.05, 4.69) is 34.3 Å². The monoisotopic (exact) mass is 488 g/mol. The van der Waals surface area contributed by atoms with Crippen LogP contribution in [0.3, 0.4) is 0 Å². The number of oxime groups is 2. The zero-order chi connectivity index (χ0) is 25.2. The van der Waals surface area contributed by atoms with Crippen molar-refractivity contribution in [1.82, 2.24) is 0 Å². The van der Waals surface area contributed by atoms with Crippen LogP contribution in [0.5, 0.6) is 0 Å². The number of hydrogen-bond donors (Lipinski definition) is 0. The normalized spacial score (nSPS) is 11.3. The highest BCUT2D eigenvalue weighted by molar-refractivity contribution is 6.43. The summed E-state index contributed by atoms with van der Waals surface area (Å²) in [5, 5.41) is 8.54. The first-order valence-corrected chi connectivity index (χ1v) is 11.1. The van der Waals surface area contributed by atoms with Crippen molar-refractivity contribution < 1.29 is 19.2 Å². The lowest BCUT2D eigenvalue weighted by molar-refractivity contribution is -0.132. The summed E-state index contributed by atoms with van der Waals surface area (Å²) in [7, 11) is 2.64. The fraction of sp³-hybridized carbons (Fsp3) is 0.179. The van der Waals surface area contributed by atoms with E-state index in [4.69, 9.17) is 26.0 Å². The molecule has 0 fully saturated rings. The average molecular weight is 489 g/mol. The predicted molar refractivity (Wildman–Crippen MR) is 138 cm³/mol. The van der Waals surface area contributed by atoms with Crippen molar-refractivity contribution in [1.29, 1.82) is 0 Å². The Morgan fingerprint density at radius 2 is 1.74 bits per heavy atom. The Kier molecular flexibility index (Phi) is 9.05. The van der Waals surface area contributed by atoms with Crippen molar-refractivity contribution in [3.8, 4) is 23.0 Å². The van der Waals surface area contributed by atoms with Gasteiger partial charge >= 0.3 is 5.97 Å². The molecule has 3 aromatic rings. The van der Waals surface area contributed by atoms with Crippen molar-refractivity contribution in [3.63, 3.8) is 0 Å². The number of hydrogen-bond acceptors (Lipinski definition) is 6. The topological polar surface area (TPSA) is 69.5 Å². The number of carbonyl (C=O) groups excluding carboxylic acids is 1. The molecule has 0 amide bonds. The Balaban J connectivity index is 1.79. The van der Waals surface area contributed by atoms with Crippen LogP contribution in [0.1, 0.15) is 29.2 Å². The van der Waals surface area contributed by atoms with Crippen LogP contribution in [0.2, 0.25) is 5.02 Å². The second kappa shape index (κ2) is 12.4. The number of aryl methyl sites for hydroxylation is 1. The molecule has 7 heteroatoms. The van der Waals surface area contributed by atoms with Crippen LogP contribution in [0.25, 0.3) is 11.1 Å². The largest absolute Gasteiger partial charge is 0.464 e. The van der Waals surface area contributed by atoms with Gasteiger partial charge < -0.3 is 14.4 Å². The number of esters is 1. The van der Waals surface area contributed by atoms with Crippen LogP contribution in [0.4, 0.5) is 0 Å². The summed E-state index contributed by atoms with van der Waals surface area (Å²) < 4.78 is 4.80. The number of ether oxygens (including phenoxy) is 1. The number of methoxy groups -OCH3 is 1. The number of nitrogens with zero attached hydrogens (tertiary/aromatic N) is 2. The molecule has 3 aromatic carbocycles. The molecule has 0 aromatic heterocycles. The molecular weight excluding hydrogens is 464 g/mol. The molecule has 0 saturated carbocycles. The van der Waals surface area contributed by atoms with E-state index in [1.54, 1.807) is 19.1 Å². The van der Waals surface area contributed by atoms with Gasteiger partial charge in [0.05, 0.1) is 7.11 Å². The minimum absolute atomic E-state index is 0.0427. The first kappa shape index (κ1) is 25.5. The van der Waals surface area contributed by atoms with Gasteiger partial charge in [0.15, 0.2) is 5.71 Å². The Hall–Kier alpha value is -4.08. The second-order valence-electron chi connectivity index (χ2n) is 7.53. The minimum atomic E-state index is -0.614. The van der Waals surface area contributed by atoms with Crippen LogP contribution in [-0.4, -0.2) is 31.6 Å². The number of halogens is 1. The maximum Gasteiger partial charge on any atom is 0.360 e. The Labute approximate surface area is 210 Å². The van der Waals surface area contributed by atoms with E-state index in [1.165, 1.54) is 19.8 Å². The zero-order valence-corrected chi connectivity index (χ0v) is 20.7. The van der Waals surface area contributed by atoms with Gasteiger partial charge in [-0.2, -0.15) is 0 Å². The molecule has 0 saturated heterocycles. The summed E-state index contributed by atoms with van der Waals surface area (Å²) in [5.41, 5.74) is 5.74. The third-order valence-corrected chi connectivity index (χ3v) is 5.21. The summed E-state index contributed by atoms with van der Waals surface area (Å²) in [5.74, 6) is 5.57. The average Bonchev–Trinajstić information content (AvgIpc) is 2.87. The van der Waals surface area contributed by atoms with Crippen LogP contribution in [0, 0.1) is 18.8 Å². The van der Waals surface area contributed by atoms with Gasteiger partial charge in [-0.1, -0.05) is 81.9 Å². The Bertz CT molecular complexity index is 1320. The van der Waals surface area contributed by atoms with Crippen molar-refractivity contribution in [2.75, 3.05) is 14.2 Å². The van der Waals surface area contributed by atoms with E-state index in [-0.39, 0.29) is 12.3 Å². The highest BCUT2D eigenvalue weighted by atomic mass is 35.5. The number of benzene rings is 3. The standard InChI is InChI=1S/C28H25ClN2O4/c1-19-9-12-21(13-10-19)26-17-24(29)16-15-22(26)14-11-20(2)30-35-18-23-7-5-6-8-25(23)27(31-34-4)28(32)33-3/h5-10,12-13,15-17H,18H2,1-4H3/b30-20+,31-27+. The van der Waals surface area contributed by atoms with Crippen molar-refractivity contribution in [2.45, 2.75) is 20.5 Å². The molecule has 0 aliphatic heterocycles. The lowest BCUT2D eigenvalue weighted by Gasteiger charge is -2.09. The smallest absolute Gasteiger partial charge is 0.360 e. The number of rotatable bonds is 7. The van der Waals surface area contributed by atoms with Crippen LogP contribution < -0.4 is 0 Å². The van der Waals surface area contributed by atoms with Crippen LogP contribution >= 0.6 is 11.6 Å². The first-order chi connectivity index (χ1) is 16.9. The molecule has 0 aliphatic rings. The van der Waals surface area contributed by atoms with Gasteiger partial charge in [0, 0.05) is 21.7 Å². The van der Waals surface area contributed by atoms with E-state index in [9.17, 15) is 4.79 Å². The fourth-order valence-corrected chi connectivity index (χ4v) is 3.41. The third-order valence-electron chi connectivity index (χ3n) is 4.98. The molecule has 0 heterocycles. The fourth-order valence-electron chi connectivity index (χ4n) is 3.24. The first-order valence-electron chi connectivity index (χ1n) is 10.8. The van der Waals surface area contributed by atoms with E-state index >= 15 is 0 Å². The van der Waals surface area contributed by atoms with Gasteiger partial charge in [-0.05, 0) is 49.1 Å². The summed E-state index contributed by atoms with van der Waals surface area (Å²) >= 11 is 6.23. The Morgan fingerprint density at radius 3 is 2.46 bits per heavy atom. The van der Waals surface area contributed by atoms with Gasteiger partial charge in [0.1, 0.15) is 19.4 Å². The molecule has 0 radical (unpaired) electrons. The molecule has 0 spiro atoms. The molecule has 35 heavy (non-hydrogen) atoms. The van der Waals surface area contributed by atoms with Gasteiger partial charge in [0.25, 0.3) is 0 Å². The van der Waals surface area contributed by atoms with E-state index in [0.717, 1.165) is 16.7 Å². The minimum Gasteiger partial charge on any atom is -0.464 e. The van der Waals surface area contributed by atoms with Gasteiger partial charge in [-0.25, -0.2) is 4.79 Å². The Morgan fingerprint density at radius 1 is 1.00 bits per heavy atom. The molecule has 0 atom stereocenters. The molecular formula is C28H25ClN2O4. The van der Waals surface area contributed by atoms with E-state index < -0.39 is 5.97 Å². The summed E-state index contributed by atoms with van der Waals surface area (Å²) in [4.78, 5) is 22.4. The van der Waals surface area contributed by atoms with Crippen LogP contribution in [0.15, 0.2) is 77.0 Å². The van der Waals surface area contributed by atoms with Gasteiger partial charge in [-0.3, -0.25) is 0 Å². The summed E-state index contributed by atoms with van der Waals surface area (Å²) in [6.07, 6.45) is 0. The SMILES string of the molecule is CO/N=C(/C(=O)OC)c1ccccc1CO/N=C(\C)C#Cc1ccc(Cl)cc1-c1ccc(C)cc1. The molecule has 0 bridgehead atoms. The molecule has 6 nitrogen and oxygen atoms in total. The molecule has 0 N–H and O–H groups in total. The summed E-state index contributed by atoms with van der Waals surface area (Å²) in [6.45, 7) is 3.90. The highest BCUT2D eigenvalue weighted by Gasteiger charge is 2.19. The zero-order valence-electron chi connectivity index (χ0n) is 20.0. The molecule has 0 unspecified atom stereocenters. The maximum atomic E-state index is 12.1.